The maximum Gasteiger partial charge on any atom is 0.309 e. The molecule has 3 rings (SSSR count). The minimum Gasteiger partial charge on any atom is -0.481 e. The normalized spacial score (nSPS) is 17.3. The fraction of sp³-hybridized carbons (Fsp3) is 0.538. The molecule has 0 aliphatic carbocycles. The van der Waals surface area contributed by atoms with Gasteiger partial charge in [0.05, 0.1) is 17.4 Å². The lowest BCUT2D eigenvalue weighted by molar-refractivity contribution is -0.148. The van der Waals surface area contributed by atoms with Crippen LogP contribution in [0.4, 0.5) is 5.82 Å². The molecule has 38 heavy (non-hydrogen) atoms. The number of pyridine rings is 1. The molecule has 2 fully saturated rings. The summed E-state index contributed by atoms with van der Waals surface area (Å²) in [6, 6.07) is 2.04. The zero-order valence-corrected chi connectivity index (χ0v) is 23.5. The number of carboxylic acid groups (broad SMARTS) is 1. The summed E-state index contributed by atoms with van der Waals surface area (Å²) in [4.78, 5) is 53.5. The van der Waals surface area contributed by atoms with Crippen molar-refractivity contribution in [3.8, 4) is 6.07 Å². The van der Waals surface area contributed by atoms with Gasteiger partial charge in [-0.15, -0.1) is 0 Å². The number of amides is 1. The molecule has 2 aliphatic rings. The highest BCUT2D eigenvalue weighted by Gasteiger charge is 2.34. The third kappa shape index (κ3) is 6.27. The third-order valence-corrected chi connectivity index (χ3v) is 8.01. The number of ether oxygens (including phenoxy) is 1. The predicted molar refractivity (Wildman–Crippen MR) is 149 cm³/mol. The van der Waals surface area contributed by atoms with Crippen LogP contribution in [0.5, 0.6) is 0 Å². The molecule has 0 saturated carbocycles. The molecule has 204 valence electrons. The second-order valence-electron chi connectivity index (χ2n) is 9.15. The van der Waals surface area contributed by atoms with Gasteiger partial charge in [0, 0.05) is 38.2 Å². The lowest BCUT2D eigenvalue weighted by atomic mass is 9.95. The van der Waals surface area contributed by atoms with Crippen molar-refractivity contribution in [3.05, 3.63) is 31.9 Å². The zero-order chi connectivity index (χ0) is 28.0. The van der Waals surface area contributed by atoms with Crippen molar-refractivity contribution in [3.63, 3.8) is 0 Å². The van der Waals surface area contributed by atoms with E-state index in [0.29, 0.717) is 71.7 Å². The van der Waals surface area contributed by atoms with Crippen LogP contribution in [-0.2, 0) is 25.7 Å². The van der Waals surface area contributed by atoms with Gasteiger partial charge >= 0.3 is 11.9 Å². The first-order valence-electron chi connectivity index (χ1n) is 12.7. The number of aromatic nitrogens is 1. The van der Waals surface area contributed by atoms with E-state index >= 15 is 0 Å². The van der Waals surface area contributed by atoms with Crippen LogP contribution in [0, 0.1) is 24.2 Å². The van der Waals surface area contributed by atoms with E-state index in [0.717, 1.165) is 11.8 Å². The fourth-order valence-corrected chi connectivity index (χ4v) is 6.01. The number of carbonyl (C=O) groups excluding carboxylic acids is 2. The Labute approximate surface area is 231 Å². The van der Waals surface area contributed by atoms with Gasteiger partial charge in [0.15, 0.2) is 0 Å². The average molecular weight is 561 g/mol. The van der Waals surface area contributed by atoms with Crippen molar-refractivity contribution in [1.82, 2.24) is 9.47 Å². The van der Waals surface area contributed by atoms with Crippen LogP contribution >= 0.6 is 24.0 Å². The molecule has 0 unspecified atom stereocenters. The highest BCUT2D eigenvalue weighted by atomic mass is 32.2. The molecule has 0 bridgehead atoms. The molecular weight excluding hydrogens is 528 g/mol. The van der Waals surface area contributed by atoms with E-state index in [1.54, 1.807) is 24.5 Å². The van der Waals surface area contributed by atoms with Gasteiger partial charge in [0.1, 0.15) is 21.8 Å². The maximum atomic E-state index is 13.3. The van der Waals surface area contributed by atoms with Crippen molar-refractivity contribution in [2.24, 2.45) is 5.92 Å². The molecule has 1 aromatic heterocycles. The highest BCUT2D eigenvalue weighted by molar-refractivity contribution is 8.26. The van der Waals surface area contributed by atoms with Crippen LogP contribution < -0.4 is 10.5 Å². The molecule has 12 heteroatoms. The van der Waals surface area contributed by atoms with Crippen LogP contribution in [0.2, 0.25) is 0 Å². The van der Waals surface area contributed by atoms with Gasteiger partial charge in [-0.2, -0.15) is 5.26 Å². The summed E-state index contributed by atoms with van der Waals surface area (Å²) in [6.07, 6.45) is 3.66. The molecule has 3 heterocycles. The number of carboxylic acids is 1. The molecule has 2 saturated heterocycles. The second kappa shape index (κ2) is 13.1. The van der Waals surface area contributed by atoms with Crippen molar-refractivity contribution in [2.45, 2.75) is 59.4 Å². The van der Waals surface area contributed by atoms with Gasteiger partial charge in [-0.25, -0.2) is 0 Å². The van der Waals surface area contributed by atoms with Crippen molar-refractivity contribution >= 4 is 58.0 Å². The zero-order valence-electron chi connectivity index (χ0n) is 21.8. The number of anilines is 1. The van der Waals surface area contributed by atoms with Crippen molar-refractivity contribution in [1.29, 1.82) is 5.26 Å². The lowest BCUT2D eigenvalue weighted by Gasteiger charge is -2.35. The Hall–Kier alpha value is -3.17. The van der Waals surface area contributed by atoms with Gasteiger partial charge in [0.25, 0.3) is 11.5 Å². The second-order valence-corrected chi connectivity index (χ2v) is 10.8. The van der Waals surface area contributed by atoms with E-state index in [2.05, 4.69) is 0 Å². The summed E-state index contributed by atoms with van der Waals surface area (Å²) in [5.41, 5.74) is 0.707. The van der Waals surface area contributed by atoms with Crippen LogP contribution in [0.25, 0.3) is 6.08 Å². The SMILES string of the molecule is CCCn1c(N2CCC(C(=O)OCC)CC2)c(C=C2SC(=S)N(CCCC(=O)O)C2=O)c(C)c(C#N)c1=O. The summed E-state index contributed by atoms with van der Waals surface area (Å²) in [5.74, 6) is -1.10. The van der Waals surface area contributed by atoms with Gasteiger partial charge in [-0.1, -0.05) is 30.9 Å². The summed E-state index contributed by atoms with van der Waals surface area (Å²) < 4.78 is 7.12. The molecule has 2 aliphatic heterocycles. The molecule has 0 atom stereocenters. The minimum absolute atomic E-state index is 0.0202. The Bertz CT molecular complexity index is 1260. The van der Waals surface area contributed by atoms with E-state index < -0.39 is 5.97 Å². The molecule has 1 aromatic rings. The van der Waals surface area contributed by atoms with E-state index in [9.17, 15) is 24.4 Å². The van der Waals surface area contributed by atoms with Crippen LogP contribution in [0.3, 0.4) is 0 Å². The number of rotatable bonds is 10. The topological polar surface area (TPSA) is 133 Å². The number of nitriles is 1. The Balaban J connectivity index is 2.05. The van der Waals surface area contributed by atoms with Crippen LogP contribution in [0.1, 0.15) is 62.6 Å². The number of thioether (sulfide) groups is 1. The summed E-state index contributed by atoms with van der Waals surface area (Å²) in [6.45, 7) is 7.34. The predicted octanol–water partition coefficient (Wildman–Crippen LogP) is 3.28. The summed E-state index contributed by atoms with van der Waals surface area (Å²) in [5, 5.41) is 18.7. The number of carbonyl (C=O) groups is 3. The smallest absolute Gasteiger partial charge is 0.309 e. The van der Waals surface area contributed by atoms with Crippen LogP contribution in [-0.4, -0.2) is 63.0 Å². The van der Waals surface area contributed by atoms with E-state index in [-0.39, 0.29) is 48.3 Å². The first kappa shape index (κ1) is 29.4. The molecular formula is C26H32N4O6S2. The summed E-state index contributed by atoms with van der Waals surface area (Å²) >= 11 is 6.51. The maximum absolute atomic E-state index is 13.3. The van der Waals surface area contributed by atoms with E-state index in [4.69, 9.17) is 22.1 Å². The number of esters is 1. The number of nitrogens with zero attached hydrogens (tertiary/aromatic N) is 4. The minimum atomic E-state index is -0.944. The third-order valence-electron chi connectivity index (χ3n) is 6.63. The standard InChI is InChI=1S/C26H32N4O6S2/c1-4-10-29-22(28-12-8-17(9-13-28)25(35)36-5-2)18(16(3)19(15-27)23(29)33)14-20-24(34)30(26(37)38-20)11-6-7-21(31)32/h14,17H,4-13H2,1-3H3,(H,31,32). The molecule has 0 radical (unpaired) electrons. The first-order chi connectivity index (χ1) is 18.1. The molecule has 0 aromatic carbocycles. The molecule has 1 N–H and O–H groups in total. The monoisotopic (exact) mass is 560 g/mol. The number of thiocarbonyl (C=S) groups is 1. The number of piperidine rings is 1. The van der Waals surface area contributed by atoms with E-state index in [1.807, 2.05) is 17.9 Å². The molecule has 1 amide bonds. The van der Waals surface area contributed by atoms with Gasteiger partial charge in [-0.3, -0.25) is 28.6 Å². The Morgan fingerprint density at radius 2 is 1.92 bits per heavy atom. The van der Waals surface area contributed by atoms with Crippen molar-refractivity contribution < 1.29 is 24.2 Å². The number of hydrogen-bond donors (Lipinski definition) is 1. The van der Waals surface area contributed by atoms with Gasteiger partial charge in [-0.05, 0) is 51.2 Å². The Kier molecular flexibility index (Phi) is 10.1. The Morgan fingerprint density at radius 3 is 2.50 bits per heavy atom. The number of hydrogen-bond acceptors (Lipinski definition) is 9. The first-order valence-corrected chi connectivity index (χ1v) is 13.9. The highest BCUT2D eigenvalue weighted by Crippen LogP contribution is 2.37. The number of aliphatic carboxylic acids is 1. The largest absolute Gasteiger partial charge is 0.481 e. The van der Waals surface area contributed by atoms with Gasteiger partial charge < -0.3 is 14.7 Å². The van der Waals surface area contributed by atoms with Crippen LogP contribution in [0.15, 0.2) is 9.70 Å². The Morgan fingerprint density at radius 1 is 1.24 bits per heavy atom. The average Bonchev–Trinajstić information content (AvgIpc) is 3.15. The van der Waals surface area contributed by atoms with Crippen molar-refractivity contribution in [2.75, 3.05) is 31.1 Å². The van der Waals surface area contributed by atoms with Gasteiger partial charge in [0.2, 0.25) is 0 Å². The van der Waals surface area contributed by atoms with E-state index in [1.165, 1.54) is 4.90 Å². The summed E-state index contributed by atoms with van der Waals surface area (Å²) in [7, 11) is 0. The fourth-order valence-electron chi connectivity index (χ4n) is 4.72. The molecule has 10 nitrogen and oxygen atoms in total. The molecule has 0 spiro atoms. The quantitative estimate of drug-likeness (QED) is 0.258. The lowest BCUT2D eigenvalue weighted by Crippen LogP contribution is -2.41.